The van der Waals surface area contributed by atoms with E-state index < -0.39 is 9.84 Å². The van der Waals surface area contributed by atoms with Crippen LogP contribution in [0.1, 0.15) is 23.3 Å². The molecule has 0 bridgehead atoms. The van der Waals surface area contributed by atoms with Crippen molar-refractivity contribution in [2.24, 2.45) is 0 Å². The third kappa shape index (κ3) is 3.73. The molecule has 1 fully saturated rings. The van der Waals surface area contributed by atoms with Crippen LogP contribution in [0.5, 0.6) is 0 Å². The maximum atomic E-state index is 12.1. The van der Waals surface area contributed by atoms with E-state index in [0.717, 1.165) is 10.9 Å². The Hall–Kier alpha value is -2.42. The van der Waals surface area contributed by atoms with E-state index in [4.69, 9.17) is 0 Å². The number of rotatable bonds is 5. The number of hydrogen-bond acceptors (Lipinski definition) is 5. The number of carbonyl (C=O) groups excluding carboxylic acids is 2. The molecule has 1 atom stereocenters. The number of aromatic nitrogens is 2. The molecule has 0 spiro atoms. The fourth-order valence-electron chi connectivity index (χ4n) is 2.72. The first-order chi connectivity index (χ1) is 11.4. The van der Waals surface area contributed by atoms with Crippen molar-refractivity contribution in [1.29, 1.82) is 0 Å². The summed E-state index contributed by atoms with van der Waals surface area (Å²) >= 11 is 0. The van der Waals surface area contributed by atoms with Crippen LogP contribution in [-0.4, -0.2) is 54.5 Å². The molecule has 9 heteroatoms. The number of benzene rings is 1. The van der Waals surface area contributed by atoms with Crippen LogP contribution in [0.3, 0.4) is 0 Å². The number of sulfone groups is 1. The van der Waals surface area contributed by atoms with Crippen molar-refractivity contribution >= 4 is 32.6 Å². The Labute approximate surface area is 138 Å². The first-order valence-corrected chi connectivity index (χ1v) is 9.48. The number of H-pyrrole nitrogens is 1. The van der Waals surface area contributed by atoms with E-state index in [9.17, 15) is 18.0 Å². The number of para-hydroxylation sites is 1. The van der Waals surface area contributed by atoms with Gasteiger partial charge in [0, 0.05) is 24.4 Å². The number of fused-ring (bicyclic) bond motifs is 1. The van der Waals surface area contributed by atoms with Gasteiger partial charge in [-0.15, -0.1) is 0 Å². The zero-order chi connectivity index (χ0) is 17.2. The fourth-order valence-corrected chi connectivity index (χ4v) is 4.39. The van der Waals surface area contributed by atoms with Gasteiger partial charge in [0.2, 0.25) is 5.91 Å². The summed E-state index contributed by atoms with van der Waals surface area (Å²) in [4.78, 5) is 23.9. The van der Waals surface area contributed by atoms with Gasteiger partial charge in [-0.3, -0.25) is 14.7 Å². The van der Waals surface area contributed by atoms with Crippen molar-refractivity contribution in [3.63, 3.8) is 0 Å². The molecular formula is C15H18N4O4S. The van der Waals surface area contributed by atoms with Gasteiger partial charge in [0.15, 0.2) is 15.5 Å². The van der Waals surface area contributed by atoms with Crippen molar-refractivity contribution in [3.05, 3.63) is 30.0 Å². The van der Waals surface area contributed by atoms with Gasteiger partial charge in [-0.2, -0.15) is 5.10 Å². The van der Waals surface area contributed by atoms with Crippen molar-refractivity contribution in [2.75, 3.05) is 18.1 Å². The number of nitrogens with zero attached hydrogens (tertiary/aromatic N) is 1. The Bertz CT molecular complexity index is 874. The number of aromatic amines is 1. The quantitative estimate of drug-likeness (QED) is 0.700. The van der Waals surface area contributed by atoms with Gasteiger partial charge in [0.1, 0.15) is 0 Å². The largest absolute Gasteiger partial charge is 0.352 e. The average Bonchev–Trinajstić information content (AvgIpc) is 3.10. The third-order valence-corrected chi connectivity index (χ3v) is 5.69. The molecule has 8 nitrogen and oxygen atoms in total. The Morgan fingerprint density at radius 1 is 1.29 bits per heavy atom. The van der Waals surface area contributed by atoms with Crippen LogP contribution >= 0.6 is 0 Å². The molecule has 2 amide bonds. The van der Waals surface area contributed by atoms with E-state index in [1.54, 1.807) is 6.07 Å². The fraction of sp³-hybridized carbons (Fsp3) is 0.400. The summed E-state index contributed by atoms with van der Waals surface area (Å²) in [6, 6.07) is 6.95. The lowest BCUT2D eigenvalue weighted by Crippen LogP contribution is -2.37. The predicted molar refractivity (Wildman–Crippen MR) is 88.2 cm³/mol. The summed E-state index contributed by atoms with van der Waals surface area (Å²) in [7, 11) is -3.02. The van der Waals surface area contributed by atoms with Gasteiger partial charge >= 0.3 is 0 Å². The van der Waals surface area contributed by atoms with E-state index >= 15 is 0 Å². The third-order valence-electron chi connectivity index (χ3n) is 3.92. The number of nitrogens with one attached hydrogen (secondary N) is 3. The van der Waals surface area contributed by atoms with Crippen LogP contribution in [0, 0.1) is 0 Å². The lowest BCUT2D eigenvalue weighted by molar-refractivity contribution is -0.121. The molecule has 1 saturated heterocycles. The molecule has 3 rings (SSSR count). The smallest absolute Gasteiger partial charge is 0.272 e. The lowest BCUT2D eigenvalue weighted by atomic mass is 10.2. The number of carbonyl (C=O) groups is 2. The standard InChI is InChI=1S/C15H18N4O4S/c20-13(17-10-6-8-24(22,23)9-10)5-7-16-15(21)14-11-3-1-2-4-12(11)18-19-14/h1-4,10H,5-9H2,(H,16,21)(H,17,20)(H,18,19)/t10-/m0/s1. The van der Waals surface area contributed by atoms with Gasteiger partial charge < -0.3 is 10.6 Å². The summed E-state index contributed by atoms with van der Waals surface area (Å²) < 4.78 is 22.7. The van der Waals surface area contributed by atoms with Gasteiger partial charge in [-0.25, -0.2) is 8.42 Å². The van der Waals surface area contributed by atoms with Gasteiger partial charge in [-0.05, 0) is 12.5 Å². The van der Waals surface area contributed by atoms with Gasteiger partial charge in [-0.1, -0.05) is 18.2 Å². The second-order valence-electron chi connectivity index (χ2n) is 5.79. The van der Waals surface area contributed by atoms with Crippen LogP contribution in [0.25, 0.3) is 10.9 Å². The molecule has 1 aromatic carbocycles. The van der Waals surface area contributed by atoms with E-state index in [2.05, 4.69) is 20.8 Å². The van der Waals surface area contributed by atoms with Crippen molar-refractivity contribution < 1.29 is 18.0 Å². The summed E-state index contributed by atoms with van der Waals surface area (Å²) in [5, 5.41) is 12.8. The zero-order valence-electron chi connectivity index (χ0n) is 12.9. The highest BCUT2D eigenvalue weighted by Gasteiger charge is 2.28. The summed E-state index contributed by atoms with van der Waals surface area (Å²) in [6.45, 7) is 0.158. The highest BCUT2D eigenvalue weighted by Crippen LogP contribution is 2.14. The molecule has 2 heterocycles. The summed E-state index contributed by atoms with van der Waals surface area (Å²) in [5.74, 6) is -0.529. The Balaban J connectivity index is 1.48. The summed E-state index contributed by atoms with van der Waals surface area (Å²) in [6.07, 6.45) is 0.532. The van der Waals surface area contributed by atoms with Crippen molar-refractivity contribution in [3.8, 4) is 0 Å². The molecule has 1 aliphatic rings. The SMILES string of the molecule is O=C(CCNC(=O)c1n[nH]c2ccccc12)N[C@H]1CCS(=O)(=O)C1. The lowest BCUT2D eigenvalue weighted by Gasteiger charge is -2.10. The second-order valence-corrected chi connectivity index (χ2v) is 8.02. The molecular weight excluding hydrogens is 332 g/mol. The predicted octanol–water partition coefficient (Wildman–Crippen LogP) is -0.0139. The normalized spacial score (nSPS) is 19.2. The molecule has 128 valence electrons. The van der Waals surface area contributed by atoms with Crippen molar-refractivity contribution in [2.45, 2.75) is 18.9 Å². The van der Waals surface area contributed by atoms with E-state index in [0.29, 0.717) is 6.42 Å². The van der Waals surface area contributed by atoms with Crippen LogP contribution in [0.4, 0.5) is 0 Å². The van der Waals surface area contributed by atoms with Gasteiger partial charge in [0.05, 0.1) is 17.0 Å². The minimum Gasteiger partial charge on any atom is -0.352 e. The average molecular weight is 350 g/mol. The molecule has 1 aliphatic heterocycles. The van der Waals surface area contributed by atoms with E-state index in [1.165, 1.54) is 0 Å². The van der Waals surface area contributed by atoms with Crippen LogP contribution in [0.2, 0.25) is 0 Å². The molecule has 0 unspecified atom stereocenters. The van der Waals surface area contributed by atoms with Crippen LogP contribution in [0.15, 0.2) is 24.3 Å². The van der Waals surface area contributed by atoms with Crippen LogP contribution < -0.4 is 10.6 Å². The molecule has 0 saturated carbocycles. The highest BCUT2D eigenvalue weighted by molar-refractivity contribution is 7.91. The highest BCUT2D eigenvalue weighted by atomic mass is 32.2. The molecule has 3 N–H and O–H groups in total. The first kappa shape index (κ1) is 16.4. The Kier molecular flexibility index (Phi) is 4.52. The van der Waals surface area contributed by atoms with E-state index in [-0.39, 0.29) is 48.0 Å². The van der Waals surface area contributed by atoms with Gasteiger partial charge in [0.25, 0.3) is 5.91 Å². The maximum absolute atomic E-state index is 12.1. The zero-order valence-corrected chi connectivity index (χ0v) is 13.7. The van der Waals surface area contributed by atoms with Crippen molar-refractivity contribution in [1.82, 2.24) is 20.8 Å². The Morgan fingerprint density at radius 3 is 2.83 bits per heavy atom. The number of amides is 2. The minimum atomic E-state index is -3.02. The van der Waals surface area contributed by atoms with Crippen LogP contribution in [-0.2, 0) is 14.6 Å². The second kappa shape index (κ2) is 6.60. The maximum Gasteiger partial charge on any atom is 0.272 e. The number of hydrogen-bond donors (Lipinski definition) is 3. The first-order valence-electron chi connectivity index (χ1n) is 7.66. The summed E-state index contributed by atoms with van der Waals surface area (Å²) in [5.41, 5.74) is 1.05. The monoisotopic (exact) mass is 350 g/mol. The molecule has 24 heavy (non-hydrogen) atoms. The van der Waals surface area contributed by atoms with E-state index in [1.807, 2.05) is 18.2 Å². The molecule has 2 aromatic rings. The molecule has 0 aliphatic carbocycles. The molecule has 1 aromatic heterocycles. The Morgan fingerprint density at radius 2 is 2.08 bits per heavy atom. The molecule has 0 radical (unpaired) electrons. The topological polar surface area (TPSA) is 121 Å². The minimum absolute atomic E-state index is 0.00956.